The molecule has 4 heteroatoms. The van der Waals surface area contributed by atoms with E-state index in [-0.39, 0.29) is 0 Å². The van der Waals surface area contributed by atoms with Crippen molar-refractivity contribution in [2.45, 2.75) is 70.7 Å². The molecule has 0 aliphatic heterocycles. The van der Waals surface area contributed by atoms with Crippen molar-refractivity contribution >= 4 is 5.97 Å². The van der Waals surface area contributed by atoms with Crippen molar-refractivity contribution in [1.82, 2.24) is 0 Å². The Morgan fingerprint density at radius 2 is 2.12 bits per heavy atom. The molecule has 0 aromatic carbocycles. The maximum Gasteiger partial charge on any atom is 0.335 e. The van der Waals surface area contributed by atoms with Crippen molar-refractivity contribution in [3.63, 3.8) is 0 Å². The summed E-state index contributed by atoms with van der Waals surface area (Å²) in [6.07, 6.45) is 2.54. The third-order valence-corrected chi connectivity index (χ3v) is 3.38. The van der Waals surface area contributed by atoms with Gasteiger partial charge < -0.3 is 14.9 Å². The first-order chi connectivity index (χ1) is 7.84. The molecular weight excluding hydrogens is 220 g/mol. The highest BCUT2D eigenvalue weighted by Gasteiger charge is 2.40. The van der Waals surface area contributed by atoms with E-state index in [1.165, 1.54) is 6.92 Å². The molecule has 0 aromatic rings. The summed E-state index contributed by atoms with van der Waals surface area (Å²) in [5.41, 5.74) is -0.583. The average Bonchev–Trinajstić information content (AvgIpc) is 2.15. The standard InChI is InChI=1S/C13H24O4/c1-9-5-4-6-13(7-9,8-10(2)14)17-12(16)11(3)15/h9-11,14-15H,4-8H2,1-3H3. The molecule has 1 saturated carbocycles. The Balaban J connectivity index is 2.74. The molecule has 0 bridgehead atoms. The summed E-state index contributed by atoms with van der Waals surface area (Å²) < 4.78 is 5.47. The summed E-state index contributed by atoms with van der Waals surface area (Å²) in [5.74, 6) is -0.0935. The molecule has 0 aromatic heterocycles. The second kappa shape index (κ2) is 5.83. The molecule has 4 unspecified atom stereocenters. The van der Waals surface area contributed by atoms with E-state index in [1.54, 1.807) is 6.92 Å². The highest BCUT2D eigenvalue weighted by molar-refractivity contribution is 5.74. The second-order valence-corrected chi connectivity index (χ2v) is 5.53. The van der Waals surface area contributed by atoms with Crippen LogP contribution in [-0.2, 0) is 9.53 Å². The van der Waals surface area contributed by atoms with E-state index < -0.39 is 23.8 Å². The number of esters is 1. The fourth-order valence-electron chi connectivity index (χ4n) is 2.77. The van der Waals surface area contributed by atoms with Crippen LogP contribution in [0.25, 0.3) is 0 Å². The molecule has 2 N–H and O–H groups in total. The number of hydrogen-bond acceptors (Lipinski definition) is 4. The number of aliphatic hydroxyl groups excluding tert-OH is 2. The number of ether oxygens (including phenoxy) is 1. The van der Waals surface area contributed by atoms with Gasteiger partial charge in [0.2, 0.25) is 0 Å². The number of aliphatic hydroxyl groups is 2. The number of carbonyl (C=O) groups is 1. The zero-order valence-electron chi connectivity index (χ0n) is 11.0. The van der Waals surface area contributed by atoms with Crippen LogP contribution in [0.3, 0.4) is 0 Å². The van der Waals surface area contributed by atoms with E-state index in [0.29, 0.717) is 12.3 Å². The summed E-state index contributed by atoms with van der Waals surface area (Å²) in [6.45, 7) is 5.24. The molecule has 1 rings (SSSR count). The van der Waals surface area contributed by atoms with Crippen molar-refractivity contribution in [1.29, 1.82) is 0 Å². The van der Waals surface area contributed by atoms with Crippen LogP contribution >= 0.6 is 0 Å². The summed E-state index contributed by atoms with van der Waals surface area (Å²) in [6, 6.07) is 0. The Morgan fingerprint density at radius 1 is 1.47 bits per heavy atom. The quantitative estimate of drug-likeness (QED) is 0.738. The third kappa shape index (κ3) is 4.28. The van der Waals surface area contributed by atoms with Gasteiger partial charge in [0.05, 0.1) is 6.10 Å². The maximum absolute atomic E-state index is 11.6. The van der Waals surface area contributed by atoms with Gasteiger partial charge in [-0.25, -0.2) is 4.79 Å². The van der Waals surface area contributed by atoms with E-state index in [1.807, 2.05) is 0 Å². The molecule has 0 spiro atoms. The Hall–Kier alpha value is -0.610. The van der Waals surface area contributed by atoms with Crippen LogP contribution in [0.2, 0.25) is 0 Å². The van der Waals surface area contributed by atoms with Crippen LogP contribution in [0, 0.1) is 5.92 Å². The lowest BCUT2D eigenvalue weighted by atomic mass is 9.76. The molecule has 0 amide bonds. The molecule has 0 heterocycles. The fraction of sp³-hybridized carbons (Fsp3) is 0.923. The minimum Gasteiger partial charge on any atom is -0.457 e. The van der Waals surface area contributed by atoms with Crippen molar-refractivity contribution in [2.75, 3.05) is 0 Å². The lowest BCUT2D eigenvalue weighted by Crippen LogP contribution is -2.43. The molecule has 1 fully saturated rings. The molecule has 100 valence electrons. The fourth-order valence-corrected chi connectivity index (χ4v) is 2.77. The minimum atomic E-state index is -1.10. The largest absolute Gasteiger partial charge is 0.457 e. The maximum atomic E-state index is 11.6. The van der Waals surface area contributed by atoms with Gasteiger partial charge in [-0.2, -0.15) is 0 Å². The van der Waals surface area contributed by atoms with Crippen molar-refractivity contribution < 1.29 is 19.7 Å². The van der Waals surface area contributed by atoms with E-state index in [2.05, 4.69) is 6.92 Å². The minimum absolute atomic E-state index is 0.454. The van der Waals surface area contributed by atoms with E-state index in [4.69, 9.17) is 4.74 Å². The summed E-state index contributed by atoms with van der Waals surface area (Å²) in [5, 5.41) is 18.8. The first-order valence-corrected chi connectivity index (χ1v) is 6.43. The Bertz CT molecular complexity index is 258. The van der Waals surface area contributed by atoms with E-state index in [0.717, 1.165) is 25.7 Å². The molecule has 1 aliphatic rings. The monoisotopic (exact) mass is 244 g/mol. The van der Waals surface area contributed by atoms with Crippen LogP contribution in [0.15, 0.2) is 0 Å². The molecule has 4 nitrogen and oxygen atoms in total. The lowest BCUT2D eigenvalue weighted by Gasteiger charge is -2.40. The van der Waals surface area contributed by atoms with Gasteiger partial charge in [-0.05, 0) is 39.0 Å². The van der Waals surface area contributed by atoms with E-state index in [9.17, 15) is 15.0 Å². The molecule has 17 heavy (non-hydrogen) atoms. The van der Waals surface area contributed by atoms with Gasteiger partial charge in [0.15, 0.2) is 0 Å². The van der Waals surface area contributed by atoms with Gasteiger partial charge in [-0.15, -0.1) is 0 Å². The number of carbonyl (C=O) groups excluding carboxylic acids is 1. The Morgan fingerprint density at radius 3 is 2.59 bits per heavy atom. The third-order valence-electron chi connectivity index (χ3n) is 3.38. The summed E-state index contributed by atoms with van der Waals surface area (Å²) in [4.78, 5) is 11.6. The Labute approximate surface area is 103 Å². The van der Waals surface area contributed by atoms with Gasteiger partial charge in [0.25, 0.3) is 0 Å². The van der Waals surface area contributed by atoms with Crippen molar-refractivity contribution in [3.8, 4) is 0 Å². The molecule has 1 aliphatic carbocycles. The number of rotatable bonds is 4. The van der Waals surface area contributed by atoms with Gasteiger partial charge >= 0.3 is 5.97 Å². The molecule has 0 radical (unpaired) electrons. The molecule has 4 atom stereocenters. The smallest absolute Gasteiger partial charge is 0.335 e. The first kappa shape index (κ1) is 14.5. The zero-order valence-corrected chi connectivity index (χ0v) is 11.0. The van der Waals surface area contributed by atoms with Gasteiger partial charge in [-0.1, -0.05) is 13.3 Å². The lowest BCUT2D eigenvalue weighted by molar-refractivity contribution is -0.177. The topological polar surface area (TPSA) is 66.8 Å². The van der Waals surface area contributed by atoms with Crippen LogP contribution in [0.1, 0.15) is 52.9 Å². The van der Waals surface area contributed by atoms with Crippen molar-refractivity contribution in [3.05, 3.63) is 0 Å². The van der Waals surface area contributed by atoms with Crippen LogP contribution in [-0.4, -0.2) is 34.0 Å². The summed E-state index contributed by atoms with van der Waals surface area (Å²) >= 11 is 0. The van der Waals surface area contributed by atoms with Gasteiger partial charge in [0.1, 0.15) is 11.7 Å². The molecule has 0 saturated heterocycles. The summed E-state index contributed by atoms with van der Waals surface area (Å²) in [7, 11) is 0. The highest BCUT2D eigenvalue weighted by Crippen LogP contribution is 2.38. The predicted molar refractivity (Wildman–Crippen MR) is 64.4 cm³/mol. The SMILES string of the molecule is CC(O)CC1(OC(=O)C(C)O)CCCC(C)C1. The van der Waals surface area contributed by atoms with Gasteiger partial charge in [-0.3, -0.25) is 0 Å². The average molecular weight is 244 g/mol. The Kier molecular flexibility index (Phi) is 4.95. The normalized spacial score (nSPS) is 32.9. The van der Waals surface area contributed by atoms with Crippen LogP contribution in [0.5, 0.6) is 0 Å². The second-order valence-electron chi connectivity index (χ2n) is 5.53. The van der Waals surface area contributed by atoms with E-state index >= 15 is 0 Å². The van der Waals surface area contributed by atoms with Gasteiger partial charge in [0, 0.05) is 6.42 Å². The predicted octanol–water partition coefficient (Wildman–Crippen LogP) is 1.63. The highest BCUT2D eigenvalue weighted by atomic mass is 16.6. The first-order valence-electron chi connectivity index (χ1n) is 6.43. The molecular formula is C13H24O4. The van der Waals surface area contributed by atoms with Crippen molar-refractivity contribution in [2.24, 2.45) is 5.92 Å². The number of hydrogen-bond donors (Lipinski definition) is 2. The van der Waals surface area contributed by atoms with Crippen LogP contribution < -0.4 is 0 Å². The zero-order chi connectivity index (χ0) is 13.1. The van der Waals surface area contributed by atoms with Crippen LogP contribution in [0.4, 0.5) is 0 Å².